The van der Waals surface area contributed by atoms with Crippen LogP contribution in [0.2, 0.25) is 0 Å². The standard InChI is InChI=1S/C13H20N2/c1-11-2-4-12(5-3-11)10-15-8-6-13(14)7-9-15/h2,4-5,13H,1,3,6-10,14H2. The van der Waals surface area contributed by atoms with E-state index in [9.17, 15) is 0 Å². The monoisotopic (exact) mass is 204 g/mol. The number of allylic oxidation sites excluding steroid dienone is 3. The molecule has 15 heavy (non-hydrogen) atoms. The molecular weight excluding hydrogens is 184 g/mol. The topological polar surface area (TPSA) is 29.3 Å². The summed E-state index contributed by atoms with van der Waals surface area (Å²) in [6, 6.07) is 0.428. The molecule has 0 bridgehead atoms. The lowest BCUT2D eigenvalue weighted by molar-refractivity contribution is 0.230. The molecule has 0 saturated carbocycles. The van der Waals surface area contributed by atoms with E-state index < -0.39 is 0 Å². The second-order valence-electron chi connectivity index (χ2n) is 4.59. The summed E-state index contributed by atoms with van der Waals surface area (Å²) in [7, 11) is 0. The molecule has 82 valence electrons. The average Bonchev–Trinajstić information content (AvgIpc) is 2.25. The summed E-state index contributed by atoms with van der Waals surface area (Å²) < 4.78 is 0. The Morgan fingerprint density at radius 2 is 2.07 bits per heavy atom. The minimum Gasteiger partial charge on any atom is -0.328 e. The molecule has 0 aromatic heterocycles. The van der Waals surface area contributed by atoms with Gasteiger partial charge in [0.25, 0.3) is 0 Å². The Balaban J connectivity index is 1.82. The number of hydrogen-bond donors (Lipinski definition) is 1. The van der Waals surface area contributed by atoms with Crippen molar-refractivity contribution in [2.75, 3.05) is 19.6 Å². The molecule has 0 amide bonds. The summed E-state index contributed by atoms with van der Waals surface area (Å²) in [5.74, 6) is 0. The van der Waals surface area contributed by atoms with Gasteiger partial charge in [-0.15, -0.1) is 0 Å². The summed E-state index contributed by atoms with van der Waals surface area (Å²) in [6.07, 6.45) is 9.91. The predicted octanol–water partition coefficient (Wildman–Crippen LogP) is 1.85. The quantitative estimate of drug-likeness (QED) is 0.744. The van der Waals surface area contributed by atoms with Gasteiger partial charge in [0.15, 0.2) is 0 Å². The molecule has 0 atom stereocenters. The molecule has 2 N–H and O–H groups in total. The number of nitrogens with zero attached hydrogens (tertiary/aromatic N) is 1. The van der Waals surface area contributed by atoms with Crippen molar-refractivity contribution in [1.82, 2.24) is 4.90 Å². The second-order valence-corrected chi connectivity index (χ2v) is 4.59. The molecule has 0 spiro atoms. The Labute approximate surface area is 92.1 Å². The summed E-state index contributed by atoms with van der Waals surface area (Å²) in [6.45, 7) is 7.32. The van der Waals surface area contributed by atoms with Crippen LogP contribution < -0.4 is 5.73 Å². The lowest BCUT2D eigenvalue weighted by Gasteiger charge is -2.30. The fourth-order valence-electron chi connectivity index (χ4n) is 2.11. The van der Waals surface area contributed by atoms with Crippen molar-refractivity contribution >= 4 is 0 Å². The van der Waals surface area contributed by atoms with Gasteiger partial charge in [0.1, 0.15) is 0 Å². The summed E-state index contributed by atoms with van der Waals surface area (Å²) >= 11 is 0. The van der Waals surface area contributed by atoms with E-state index in [4.69, 9.17) is 5.73 Å². The molecular formula is C13H20N2. The fourth-order valence-corrected chi connectivity index (χ4v) is 2.11. The maximum Gasteiger partial charge on any atom is 0.0230 e. The van der Waals surface area contributed by atoms with Gasteiger partial charge in [0.05, 0.1) is 0 Å². The summed E-state index contributed by atoms with van der Waals surface area (Å²) in [4.78, 5) is 2.49. The van der Waals surface area contributed by atoms with Crippen LogP contribution in [0.25, 0.3) is 0 Å². The predicted molar refractivity (Wildman–Crippen MR) is 64.6 cm³/mol. The minimum absolute atomic E-state index is 0.428. The van der Waals surface area contributed by atoms with Gasteiger partial charge in [0, 0.05) is 12.6 Å². The maximum absolute atomic E-state index is 5.88. The van der Waals surface area contributed by atoms with Crippen LogP contribution in [-0.2, 0) is 0 Å². The zero-order chi connectivity index (χ0) is 10.7. The molecule has 2 aliphatic rings. The van der Waals surface area contributed by atoms with Crippen LogP contribution in [-0.4, -0.2) is 30.6 Å². The van der Waals surface area contributed by atoms with Crippen LogP contribution in [0.4, 0.5) is 0 Å². The van der Waals surface area contributed by atoms with Crippen molar-refractivity contribution in [1.29, 1.82) is 0 Å². The molecule has 1 saturated heterocycles. The van der Waals surface area contributed by atoms with Crippen molar-refractivity contribution in [3.05, 3.63) is 36.0 Å². The Hall–Kier alpha value is -0.860. The lowest BCUT2D eigenvalue weighted by Crippen LogP contribution is -2.40. The molecule has 0 aromatic rings. The normalized spacial score (nSPS) is 24.3. The number of piperidine rings is 1. The molecule has 1 fully saturated rings. The Morgan fingerprint density at radius 3 is 2.67 bits per heavy atom. The van der Waals surface area contributed by atoms with Gasteiger partial charge in [0.2, 0.25) is 0 Å². The van der Waals surface area contributed by atoms with E-state index in [2.05, 4.69) is 29.7 Å². The lowest BCUT2D eigenvalue weighted by atomic mass is 10.0. The molecule has 2 rings (SSSR count). The van der Waals surface area contributed by atoms with Crippen molar-refractivity contribution in [2.45, 2.75) is 25.3 Å². The van der Waals surface area contributed by atoms with Crippen molar-refractivity contribution in [3.8, 4) is 0 Å². The first kappa shape index (κ1) is 10.7. The first-order valence-electron chi connectivity index (χ1n) is 5.77. The van der Waals surface area contributed by atoms with E-state index in [1.165, 1.54) is 11.1 Å². The first-order chi connectivity index (χ1) is 7.24. The minimum atomic E-state index is 0.428. The molecule has 2 heteroatoms. The maximum atomic E-state index is 5.88. The second kappa shape index (κ2) is 4.77. The van der Waals surface area contributed by atoms with E-state index in [0.29, 0.717) is 6.04 Å². The van der Waals surface area contributed by atoms with Crippen LogP contribution in [0.5, 0.6) is 0 Å². The van der Waals surface area contributed by atoms with E-state index in [1.54, 1.807) is 0 Å². The highest BCUT2D eigenvalue weighted by Crippen LogP contribution is 2.16. The highest BCUT2D eigenvalue weighted by molar-refractivity contribution is 5.34. The Bertz CT molecular complexity index is 294. The molecule has 1 aliphatic heterocycles. The van der Waals surface area contributed by atoms with Gasteiger partial charge < -0.3 is 5.73 Å². The molecule has 1 aliphatic carbocycles. The average molecular weight is 204 g/mol. The van der Waals surface area contributed by atoms with Gasteiger partial charge in [-0.3, -0.25) is 4.90 Å². The number of likely N-dealkylation sites (tertiary alicyclic amines) is 1. The van der Waals surface area contributed by atoms with Crippen molar-refractivity contribution in [3.63, 3.8) is 0 Å². The van der Waals surface area contributed by atoms with Crippen LogP contribution >= 0.6 is 0 Å². The van der Waals surface area contributed by atoms with Gasteiger partial charge in [-0.05, 0) is 37.9 Å². The smallest absolute Gasteiger partial charge is 0.0230 e. The molecule has 0 unspecified atom stereocenters. The number of rotatable bonds is 2. The summed E-state index contributed by atoms with van der Waals surface area (Å²) in [5.41, 5.74) is 8.52. The van der Waals surface area contributed by atoms with E-state index >= 15 is 0 Å². The zero-order valence-corrected chi connectivity index (χ0v) is 9.28. The van der Waals surface area contributed by atoms with Crippen LogP contribution in [0.1, 0.15) is 19.3 Å². The van der Waals surface area contributed by atoms with Crippen LogP contribution in [0.15, 0.2) is 36.0 Å². The highest BCUT2D eigenvalue weighted by Gasteiger charge is 2.16. The third-order valence-corrected chi connectivity index (χ3v) is 3.20. The molecule has 0 radical (unpaired) electrons. The van der Waals surface area contributed by atoms with E-state index in [1.807, 2.05) is 0 Å². The summed E-state index contributed by atoms with van der Waals surface area (Å²) in [5, 5.41) is 0. The van der Waals surface area contributed by atoms with Gasteiger partial charge in [-0.1, -0.05) is 30.4 Å². The van der Waals surface area contributed by atoms with Crippen LogP contribution in [0, 0.1) is 0 Å². The zero-order valence-electron chi connectivity index (χ0n) is 9.28. The van der Waals surface area contributed by atoms with E-state index in [-0.39, 0.29) is 0 Å². The third kappa shape index (κ3) is 3.05. The SMILES string of the molecule is C=C1C=CC(CN2CCC(N)CC2)=CC1. The van der Waals surface area contributed by atoms with Crippen molar-refractivity contribution < 1.29 is 0 Å². The van der Waals surface area contributed by atoms with Crippen molar-refractivity contribution in [2.24, 2.45) is 5.73 Å². The number of hydrogen-bond acceptors (Lipinski definition) is 2. The molecule has 2 nitrogen and oxygen atoms in total. The Morgan fingerprint density at radius 1 is 1.33 bits per heavy atom. The highest BCUT2D eigenvalue weighted by atomic mass is 15.1. The Kier molecular flexibility index (Phi) is 3.39. The first-order valence-corrected chi connectivity index (χ1v) is 5.77. The van der Waals surface area contributed by atoms with Gasteiger partial charge in [-0.25, -0.2) is 0 Å². The number of nitrogens with two attached hydrogens (primary N) is 1. The van der Waals surface area contributed by atoms with E-state index in [0.717, 1.165) is 38.9 Å². The largest absolute Gasteiger partial charge is 0.328 e. The molecule has 0 aromatic carbocycles. The van der Waals surface area contributed by atoms with Crippen LogP contribution in [0.3, 0.4) is 0 Å². The third-order valence-electron chi connectivity index (χ3n) is 3.20. The van der Waals surface area contributed by atoms with Gasteiger partial charge in [-0.2, -0.15) is 0 Å². The van der Waals surface area contributed by atoms with Gasteiger partial charge >= 0.3 is 0 Å². The molecule has 1 heterocycles. The fraction of sp³-hybridized carbons (Fsp3) is 0.538.